The zero-order chi connectivity index (χ0) is 13.6. The maximum Gasteiger partial charge on any atom is 0.255 e. The molecule has 1 aromatic rings. The van der Waals surface area contributed by atoms with Gasteiger partial charge in [0.1, 0.15) is 5.75 Å². The van der Waals surface area contributed by atoms with Gasteiger partial charge in [-0.1, -0.05) is 12.1 Å². The molecular formula is C11H16N2O4S. The molecule has 0 aliphatic rings. The molecule has 18 heavy (non-hydrogen) atoms. The third-order valence-corrected chi connectivity index (χ3v) is 3.10. The number of sulfonamides is 1. The van der Waals surface area contributed by atoms with E-state index >= 15 is 0 Å². The molecule has 0 aliphatic carbocycles. The Balaban J connectivity index is 2.51. The number of ether oxygens (including phenoxy) is 1. The Labute approximate surface area is 106 Å². The first-order valence-electron chi connectivity index (χ1n) is 5.36. The van der Waals surface area contributed by atoms with Gasteiger partial charge in [-0.05, 0) is 18.6 Å². The summed E-state index contributed by atoms with van der Waals surface area (Å²) in [5.41, 5.74) is 0.413. The van der Waals surface area contributed by atoms with Crippen LogP contribution in [-0.2, 0) is 10.0 Å². The second kappa shape index (κ2) is 6.36. The SMILES string of the molecule is COc1ccccc1C(=O)NCCCS(N)(=O)=O. The second-order valence-electron chi connectivity index (χ2n) is 3.68. The molecule has 0 spiro atoms. The first-order chi connectivity index (χ1) is 8.44. The summed E-state index contributed by atoms with van der Waals surface area (Å²) in [6, 6.07) is 6.80. The van der Waals surface area contributed by atoms with Crippen molar-refractivity contribution in [3.05, 3.63) is 29.8 Å². The van der Waals surface area contributed by atoms with Gasteiger partial charge in [-0.25, -0.2) is 13.6 Å². The smallest absolute Gasteiger partial charge is 0.255 e. The third-order valence-electron chi connectivity index (χ3n) is 2.24. The van der Waals surface area contributed by atoms with Gasteiger partial charge < -0.3 is 10.1 Å². The highest BCUT2D eigenvalue weighted by Crippen LogP contribution is 2.16. The van der Waals surface area contributed by atoms with E-state index in [4.69, 9.17) is 9.88 Å². The van der Waals surface area contributed by atoms with E-state index in [1.54, 1.807) is 24.3 Å². The Bertz CT molecular complexity index is 514. The van der Waals surface area contributed by atoms with Crippen molar-refractivity contribution in [1.29, 1.82) is 0 Å². The van der Waals surface area contributed by atoms with Gasteiger partial charge in [0.2, 0.25) is 10.0 Å². The van der Waals surface area contributed by atoms with Gasteiger partial charge >= 0.3 is 0 Å². The van der Waals surface area contributed by atoms with E-state index in [1.807, 2.05) is 0 Å². The van der Waals surface area contributed by atoms with Crippen LogP contribution in [0.1, 0.15) is 16.8 Å². The van der Waals surface area contributed by atoms with E-state index in [9.17, 15) is 13.2 Å². The largest absolute Gasteiger partial charge is 0.496 e. The quantitative estimate of drug-likeness (QED) is 0.718. The minimum Gasteiger partial charge on any atom is -0.496 e. The molecule has 100 valence electrons. The summed E-state index contributed by atoms with van der Waals surface area (Å²) in [6.45, 7) is 0.243. The molecule has 1 aromatic carbocycles. The molecular weight excluding hydrogens is 256 g/mol. The molecule has 0 aliphatic heterocycles. The first kappa shape index (κ1) is 14.5. The van der Waals surface area contributed by atoms with Crippen molar-refractivity contribution in [3.63, 3.8) is 0 Å². The van der Waals surface area contributed by atoms with Gasteiger partial charge in [-0.2, -0.15) is 0 Å². The van der Waals surface area contributed by atoms with E-state index in [-0.39, 0.29) is 24.6 Å². The van der Waals surface area contributed by atoms with E-state index in [1.165, 1.54) is 7.11 Å². The lowest BCUT2D eigenvalue weighted by atomic mass is 10.2. The summed E-state index contributed by atoms with van der Waals surface area (Å²) in [7, 11) is -2.00. The van der Waals surface area contributed by atoms with Gasteiger partial charge in [-0.15, -0.1) is 0 Å². The Kier molecular flexibility index (Phi) is 5.11. The molecule has 0 fully saturated rings. The molecule has 7 heteroatoms. The van der Waals surface area contributed by atoms with Crippen molar-refractivity contribution in [3.8, 4) is 5.75 Å². The van der Waals surface area contributed by atoms with E-state index in [2.05, 4.69) is 5.32 Å². The van der Waals surface area contributed by atoms with Crippen molar-refractivity contribution in [2.24, 2.45) is 5.14 Å². The number of para-hydroxylation sites is 1. The Morgan fingerprint density at radius 1 is 1.39 bits per heavy atom. The molecule has 1 amide bonds. The number of amides is 1. The van der Waals surface area contributed by atoms with Crippen LogP contribution in [0.3, 0.4) is 0 Å². The van der Waals surface area contributed by atoms with Crippen LogP contribution < -0.4 is 15.2 Å². The summed E-state index contributed by atoms with van der Waals surface area (Å²) in [4.78, 5) is 11.8. The Morgan fingerprint density at radius 3 is 2.67 bits per heavy atom. The van der Waals surface area contributed by atoms with Gasteiger partial charge in [-0.3, -0.25) is 4.79 Å². The average molecular weight is 272 g/mol. The number of methoxy groups -OCH3 is 1. The maximum atomic E-state index is 11.8. The molecule has 0 unspecified atom stereocenters. The summed E-state index contributed by atoms with van der Waals surface area (Å²) in [5.74, 6) is 0.0162. The average Bonchev–Trinajstić information content (AvgIpc) is 2.33. The number of carbonyl (C=O) groups is 1. The zero-order valence-electron chi connectivity index (χ0n) is 10.0. The van der Waals surface area contributed by atoms with Crippen LogP contribution >= 0.6 is 0 Å². The third kappa shape index (κ3) is 4.72. The normalized spacial score (nSPS) is 11.0. The summed E-state index contributed by atoms with van der Waals surface area (Å²) < 4.78 is 26.4. The lowest BCUT2D eigenvalue weighted by Gasteiger charge is -2.08. The van der Waals surface area contributed by atoms with Gasteiger partial charge in [0.25, 0.3) is 5.91 Å². The molecule has 0 heterocycles. The summed E-state index contributed by atoms with van der Waals surface area (Å²) >= 11 is 0. The fourth-order valence-corrected chi connectivity index (χ4v) is 1.95. The van der Waals surface area contributed by atoms with E-state index < -0.39 is 10.0 Å². The standard InChI is InChI=1S/C11H16N2O4S/c1-17-10-6-3-2-5-9(10)11(14)13-7-4-8-18(12,15)16/h2-3,5-6H,4,7-8H2,1H3,(H,13,14)(H2,12,15,16). The number of rotatable bonds is 6. The van der Waals surface area contributed by atoms with Crippen LogP contribution in [0.5, 0.6) is 5.75 Å². The fourth-order valence-electron chi connectivity index (χ4n) is 1.40. The first-order valence-corrected chi connectivity index (χ1v) is 7.07. The second-order valence-corrected chi connectivity index (χ2v) is 5.41. The topological polar surface area (TPSA) is 98.5 Å². The Hall–Kier alpha value is -1.60. The highest BCUT2D eigenvalue weighted by atomic mass is 32.2. The molecule has 0 saturated heterocycles. The predicted octanol–water partition coefficient (Wildman–Crippen LogP) is 0.104. The fraction of sp³-hybridized carbons (Fsp3) is 0.364. The van der Waals surface area contributed by atoms with Gasteiger partial charge in [0, 0.05) is 6.54 Å². The molecule has 0 saturated carbocycles. The van der Waals surface area contributed by atoms with E-state index in [0.29, 0.717) is 11.3 Å². The number of hydrogen-bond acceptors (Lipinski definition) is 4. The highest BCUT2D eigenvalue weighted by Gasteiger charge is 2.10. The van der Waals surface area contributed by atoms with Crippen molar-refractivity contribution in [1.82, 2.24) is 5.32 Å². The van der Waals surface area contributed by atoms with Crippen LogP contribution in [0, 0.1) is 0 Å². The molecule has 0 bridgehead atoms. The summed E-state index contributed by atoms with van der Waals surface area (Å²) in [5, 5.41) is 7.46. The Morgan fingerprint density at radius 2 is 2.06 bits per heavy atom. The molecule has 6 nitrogen and oxygen atoms in total. The number of hydrogen-bond donors (Lipinski definition) is 2. The van der Waals surface area contributed by atoms with Crippen molar-refractivity contribution in [2.75, 3.05) is 19.4 Å². The van der Waals surface area contributed by atoms with Crippen molar-refractivity contribution in [2.45, 2.75) is 6.42 Å². The predicted molar refractivity (Wildman–Crippen MR) is 67.9 cm³/mol. The molecule has 0 atom stereocenters. The minimum absolute atomic E-state index is 0.154. The molecule has 3 N–H and O–H groups in total. The van der Waals surface area contributed by atoms with Gasteiger partial charge in [0.05, 0.1) is 18.4 Å². The number of nitrogens with one attached hydrogen (secondary N) is 1. The number of carbonyl (C=O) groups excluding carboxylic acids is 1. The number of nitrogens with two attached hydrogens (primary N) is 1. The molecule has 0 radical (unpaired) electrons. The van der Waals surface area contributed by atoms with Gasteiger partial charge in [0.15, 0.2) is 0 Å². The zero-order valence-corrected chi connectivity index (χ0v) is 10.9. The lowest BCUT2D eigenvalue weighted by Crippen LogP contribution is -2.27. The maximum absolute atomic E-state index is 11.8. The van der Waals surface area contributed by atoms with Crippen LogP contribution in [0.2, 0.25) is 0 Å². The summed E-state index contributed by atoms with van der Waals surface area (Å²) in [6.07, 6.45) is 0.278. The van der Waals surface area contributed by atoms with Crippen molar-refractivity contribution < 1.29 is 17.9 Å². The number of benzene rings is 1. The minimum atomic E-state index is -3.48. The molecule has 1 rings (SSSR count). The van der Waals surface area contributed by atoms with Crippen molar-refractivity contribution >= 4 is 15.9 Å². The van der Waals surface area contributed by atoms with Crippen LogP contribution in [0.25, 0.3) is 0 Å². The van der Waals surface area contributed by atoms with Crippen LogP contribution in [0.4, 0.5) is 0 Å². The highest BCUT2D eigenvalue weighted by molar-refractivity contribution is 7.89. The monoisotopic (exact) mass is 272 g/mol. The van der Waals surface area contributed by atoms with E-state index in [0.717, 1.165) is 0 Å². The number of primary sulfonamides is 1. The lowest BCUT2D eigenvalue weighted by molar-refractivity contribution is 0.0950. The van der Waals surface area contributed by atoms with Crippen LogP contribution in [-0.4, -0.2) is 33.7 Å². The van der Waals surface area contributed by atoms with Crippen LogP contribution in [0.15, 0.2) is 24.3 Å². The molecule has 0 aromatic heterocycles.